The molecule has 0 aliphatic carbocycles. The molecule has 0 aromatic carbocycles. The van der Waals surface area contributed by atoms with Crippen LogP contribution in [0.1, 0.15) is 18.6 Å². The maximum Gasteiger partial charge on any atom is 0.137 e. The summed E-state index contributed by atoms with van der Waals surface area (Å²) in [6, 6.07) is 1.87. The lowest BCUT2D eigenvalue weighted by Gasteiger charge is -2.31. The van der Waals surface area contributed by atoms with E-state index in [0.29, 0.717) is 11.0 Å². The predicted octanol–water partition coefficient (Wildman–Crippen LogP) is 2.36. The average molecular weight is 271 g/mol. The Morgan fingerprint density at radius 2 is 2.18 bits per heavy atom. The van der Waals surface area contributed by atoms with Gasteiger partial charge in [-0.05, 0) is 6.07 Å². The van der Waals surface area contributed by atoms with Crippen molar-refractivity contribution >= 4 is 23.5 Å². The van der Waals surface area contributed by atoms with E-state index >= 15 is 0 Å². The molecule has 1 aliphatic rings. The molecule has 0 spiro atoms. The highest BCUT2D eigenvalue weighted by Gasteiger charge is 2.30. The fourth-order valence-corrected chi connectivity index (χ4v) is 4.73. The Hall–Kier alpha value is -0.390. The Bertz CT molecular complexity index is 375. The monoisotopic (exact) mass is 271 g/mol. The molecule has 3 atom stereocenters. The topological polar surface area (TPSA) is 42.4 Å². The number of methoxy groups -OCH3 is 1. The highest BCUT2D eigenvalue weighted by molar-refractivity contribution is 8.07. The zero-order chi connectivity index (χ0) is 12.3. The summed E-state index contributed by atoms with van der Waals surface area (Å²) in [5, 5.41) is 11.1. The highest BCUT2D eigenvalue weighted by atomic mass is 32.2. The van der Waals surface area contributed by atoms with Gasteiger partial charge in [-0.25, -0.2) is 0 Å². The molecule has 0 bridgehead atoms. The quantitative estimate of drug-likeness (QED) is 0.914. The van der Waals surface area contributed by atoms with Gasteiger partial charge in [-0.3, -0.25) is 4.98 Å². The lowest BCUT2D eigenvalue weighted by Crippen LogP contribution is -2.29. The van der Waals surface area contributed by atoms with Gasteiger partial charge in [0.1, 0.15) is 5.75 Å². The first-order chi connectivity index (χ1) is 8.22. The van der Waals surface area contributed by atoms with E-state index < -0.39 is 6.10 Å². The minimum absolute atomic E-state index is 0.239. The fourth-order valence-electron chi connectivity index (χ4n) is 1.90. The zero-order valence-electron chi connectivity index (χ0n) is 10.00. The Morgan fingerprint density at radius 3 is 2.88 bits per heavy atom. The molecule has 1 N–H and O–H groups in total. The van der Waals surface area contributed by atoms with Gasteiger partial charge in [0.25, 0.3) is 0 Å². The van der Waals surface area contributed by atoms with Crippen molar-refractivity contribution in [3.63, 3.8) is 0 Å². The summed E-state index contributed by atoms with van der Waals surface area (Å²) in [7, 11) is 1.61. The van der Waals surface area contributed by atoms with Crippen molar-refractivity contribution in [1.29, 1.82) is 0 Å². The van der Waals surface area contributed by atoms with Crippen molar-refractivity contribution in [2.75, 3.05) is 18.6 Å². The number of aromatic nitrogens is 1. The number of aliphatic hydroxyl groups excluding tert-OH is 1. The van der Waals surface area contributed by atoms with E-state index in [1.165, 1.54) is 5.75 Å². The van der Waals surface area contributed by atoms with Gasteiger partial charge in [0.05, 0.1) is 19.4 Å². The summed E-state index contributed by atoms with van der Waals surface area (Å²) in [5.74, 6) is 2.97. The smallest absolute Gasteiger partial charge is 0.137 e. The van der Waals surface area contributed by atoms with Gasteiger partial charge in [-0.1, -0.05) is 6.92 Å². The summed E-state index contributed by atoms with van der Waals surface area (Å²) in [6.07, 6.45) is 2.91. The zero-order valence-corrected chi connectivity index (χ0v) is 11.6. The Morgan fingerprint density at radius 1 is 1.41 bits per heavy atom. The second-order valence-electron chi connectivity index (χ2n) is 4.01. The molecule has 94 valence electrons. The maximum atomic E-state index is 10.4. The largest absolute Gasteiger partial charge is 0.495 e. The average Bonchev–Trinajstić information content (AvgIpc) is 2.38. The Kier molecular flexibility index (Phi) is 4.59. The first-order valence-electron chi connectivity index (χ1n) is 5.62. The number of hydrogen-bond acceptors (Lipinski definition) is 5. The minimum atomic E-state index is -0.467. The van der Waals surface area contributed by atoms with Crippen molar-refractivity contribution in [3.05, 3.63) is 24.0 Å². The number of pyridine rings is 1. The molecule has 1 fully saturated rings. The molecule has 1 aromatic rings. The molecule has 17 heavy (non-hydrogen) atoms. The summed E-state index contributed by atoms with van der Waals surface area (Å²) in [4.78, 5) is 4.10. The van der Waals surface area contributed by atoms with Gasteiger partial charge in [0, 0.05) is 33.8 Å². The van der Waals surface area contributed by atoms with Gasteiger partial charge in [0.2, 0.25) is 0 Å². The van der Waals surface area contributed by atoms with E-state index in [1.807, 2.05) is 29.6 Å². The number of nitrogens with zero attached hydrogens (tertiary/aromatic N) is 1. The number of thioether (sulfide) groups is 2. The van der Waals surface area contributed by atoms with Crippen molar-refractivity contribution in [1.82, 2.24) is 4.98 Å². The van der Waals surface area contributed by atoms with Crippen molar-refractivity contribution < 1.29 is 9.84 Å². The summed E-state index contributed by atoms with van der Waals surface area (Å²) in [5.41, 5.74) is 0.844. The van der Waals surface area contributed by atoms with E-state index in [4.69, 9.17) is 4.74 Å². The first kappa shape index (κ1) is 13.1. The van der Waals surface area contributed by atoms with E-state index in [-0.39, 0.29) is 5.25 Å². The summed E-state index contributed by atoms with van der Waals surface area (Å²) < 4.78 is 5.13. The van der Waals surface area contributed by atoms with Crippen LogP contribution in [0.4, 0.5) is 0 Å². The van der Waals surface area contributed by atoms with Crippen molar-refractivity contribution in [3.8, 4) is 5.75 Å². The van der Waals surface area contributed by atoms with E-state index in [9.17, 15) is 5.11 Å². The predicted molar refractivity (Wildman–Crippen MR) is 73.9 cm³/mol. The molecule has 1 saturated heterocycles. The number of rotatable bonds is 3. The van der Waals surface area contributed by atoms with Crippen LogP contribution < -0.4 is 4.74 Å². The molecule has 3 unspecified atom stereocenters. The van der Waals surface area contributed by atoms with Crippen LogP contribution in [0.2, 0.25) is 0 Å². The molecule has 5 heteroatoms. The molecule has 1 aliphatic heterocycles. The Labute approximate surface area is 110 Å². The minimum Gasteiger partial charge on any atom is -0.495 e. The van der Waals surface area contributed by atoms with E-state index in [2.05, 4.69) is 11.9 Å². The molecule has 1 aromatic heterocycles. The van der Waals surface area contributed by atoms with Gasteiger partial charge in [-0.15, -0.1) is 0 Å². The number of hydrogen-bond donors (Lipinski definition) is 1. The standard InChI is InChI=1S/C12H17NO2S2/c1-8-12(17-4-3-16-8)11(14)9-5-10(15-2)7-13-6-9/h5-8,11-12,14H,3-4H2,1-2H3. The SMILES string of the molecule is COc1cncc(C(O)C2SCCSC2C)c1. The van der Waals surface area contributed by atoms with Crippen molar-refractivity contribution in [2.45, 2.75) is 23.5 Å². The molecule has 0 amide bonds. The van der Waals surface area contributed by atoms with Gasteiger partial charge in [0.15, 0.2) is 0 Å². The summed E-state index contributed by atoms with van der Waals surface area (Å²) >= 11 is 3.77. The molecular formula is C12H17NO2S2. The van der Waals surface area contributed by atoms with Gasteiger partial charge < -0.3 is 9.84 Å². The second-order valence-corrected chi connectivity index (χ2v) is 6.79. The Balaban J connectivity index is 2.14. The second kappa shape index (κ2) is 5.98. The van der Waals surface area contributed by atoms with Crippen LogP contribution >= 0.6 is 23.5 Å². The van der Waals surface area contributed by atoms with Crippen LogP contribution in [0, 0.1) is 0 Å². The van der Waals surface area contributed by atoms with Crippen LogP contribution in [-0.4, -0.2) is 39.2 Å². The lowest BCUT2D eigenvalue weighted by atomic mass is 10.1. The molecule has 0 radical (unpaired) electrons. The number of ether oxygens (including phenoxy) is 1. The van der Waals surface area contributed by atoms with Crippen LogP contribution in [0.3, 0.4) is 0 Å². The third kappa shape index (κ3) is 3.09. The number of aliphatic hydroxyl groups is 1. The molecule has 0 saturated carbocycles. The van der Waals surface area contributed by atoms with Crippen molar-refractivity contribution in [2.24, 2.45) is 0 Å². The molecule has 2 heterocycles. The van der Waals surface area contributed by atoms with Crippen LogP contribution in [0.15, 0.2) is 18.5 Å². The van der Waals surface area contributed by atoms with Crippen LogP contribution in [0.25, 0.3) is 0 Å². The lowest BCUT2D eigenvalue weighted by molar-refractivity contribution is 0.173. The fraction of sp³-hybridized carbons (Fsp3) is 0.583. The first-order valence-corrected chi connectivity index (χ1v) is 7.72. The van der Waals surface area contributed by atoms with Gasteiger partial charge >= 0.3 is 0 Å². The molecular weight excluding hydrogens is 254 g/mol. The van der Waals surface area contributed by atoms with Crippen LogP contribution in [0.5, 0.6) is 5.75 Å². The van der Waals surface area contributed by atoms with Crippen LogP contribution in [-0.2, 0) is 0 Å². The third-order valence-electron chi connectivity index (χ3n) is 2.86. The van der Waals surface area contributed by atoms with E-state index in [0.717, 1.165) is 11.3 Å². The molecule has 2 rings (SSSR count). The summed E-state index contributed by atoms with van der Waals surface area (Å²) in [6.45, 7) is 2.18. The van der Waals surface area contributed by atoms with Gasteiger partial charge in [-0.2, -0.15) is 23.5 Å². The normalized spacial score (nSPS) is 26.5. The molecule has 3 nitrogen and oxygen atoms in total. The highest BCUT2D eigenvalue weighted by Crippen LogP contribution is 2.38. The van der Waals surface area contributed by atoms with E-state index in [1.54, 1.807) is 19.5 Å². The maximum absolute atomic E-state index is 10.4. The third-order valence-corrected chi connectivity index (χ3v) is 6.04.